The lowest BCUT2D eigenvalue weighted by molar-refractivity contribution is 1.24. The summed E-state index contributed by atoms with van der Waals surface area (Å²) >= 11 is 13.5. The van der Waals surface area contributed by atoms with Crippen LogP contribution in [-0.2, 0) is 0 Å². The summed E-state index contributed by atoms with van der Waals surface area (Å²) < 4.78 is 0. The highest BCUT2D eigenvalue weighted by molar-refractivity contribution is 7.18. The van der Waals surface area contributed by atoms with Crippen LogP contribution >= 0.6 is 34.5 Å². The summed E-state index contributed by atoms with van der Waals surface area (Å²) in [6.07, 6.45) is 0. The number of aryl methyl sites for hydroxylation is 1. The fourth-order valence-electron chi connectivity index (χ4n) is 1.86. The maximum atomic E-state index is 6.01. The number of nitrogens with one attached hydrogen (secondary N) is 1. The molecule has 0 radical (unpaired) electrons. The molecule has 0 unspecified atom stereocenters. The van der Waals surface area contributed by atoms with Gasteiger partial charge in [0.15, 0.2) is 0 Å². The van der Waals surface area contributed by atoms with Crippen LogP contribution in [0.4, 0.5) is 17.5 Å². The van der Waals surface area contributed by atoms with Crippen LogP contribution in [0.2, 0.25) is 10.0 Å². The summed E-state index contributed by atoms with van der Waals surface area (Å²) in [7, 11) is 0. The van der Waals surface area contributed by atoms with Crippen molar-refractivity contribution < 1.29 is 0 Å². The second-order valence-electron chi connectivity index (χ2n) is 4.26. The van der Waals surface area contributed by atoms with Crippen LogP contribution in [-0.4, -0.2) is 9.97 Å². The van der Waals surface area contributed by atoms with Crippen molar-refractivity contribution in [1.82, 2.24) is 9.97 Å². The smallest absolute Gasteiger partial charge is 0.223 e. The van der Waals surface area contributed by atoms with E-state index >= 15 is 0 Å². The first-order valence-electron chi connectivity index (χ1n) is 5.78. The summed E-state index contributed by atoms with van der Waals surface area (Å²) in [5, 5.41) is 5.13. The minimum atomic E-state index is 0.238. The van der Waals surface area contributed by atoms with Crippen molar-refractivity contribution in [3.05, 3.63) is 39.2 Å². The van der Waals surface area contributed by atoms with E-state index in [2.05, 4.69) is 15.3 Å². The average Bonchev–Trinajstić information content (AvgIpc) is 2.74. The molecule has 3 aromatic rings. The van der Waals surface area contributed by atoms with Gasteiger partial charge in [-0.05, 0) is 31.2 Å². The number of anilines is 3. The molecule has 1 aromatic carbocycles. The Morgan fingerprint density at radius 1 is 1.15 bits per heavy atom. The van der Waals surface area contributed by atoms with Gasteiger partial charge in [-0.2, -0.15) is 4.98 Å². The molecule has 0 aliphatic heterocycles. The lowest BCUT2D eigenvalue weighted by atomic mass is 10.3. The largest absolute Gasteiger partial charge is 0.368 e. The van der Waals surface area contributed by atoms with Crippen LogP contribution in [0.1, 0.15) is 4.88 Å². The Balaban J connectivity index is 2.07. The molecule has 0 fully saturated rings. The van der Waals surface area contributed by atoms with Gasteiger partial charge in [0, 0.05) is 10.6 Å². The number of aromatic nitrogens is 2. The van der Waals surface area contributed by atoms with Gasteiger partial charge in [0.1, 0.15) is 10.6 Å². The minimum Gasteiger partial charge on any atom is -0.368 e. The molecule has 3 N–H and O–H groups in total. The summed E-state index contributed by atoms with van der Waals surface area (Å²) in [5.74, 6) is 0.900. The first-order valence-corrected chi connectivity index (χ1v) is 7.36. The summed E-state index contributed by atoms with van der Waals surface area (Å²) in [5.41, 5.74) is 6.53. The number of thiophene rings is 1. The van der Waals surface area contributed by atoms with Crippen LogP contribution in [0.5, 0.6) is 0 Å². The lowest BCUT2D eigenvalue weighted by Crippen LogP contribution is -2.00. The van der Waals surface area contributed by atoms with Crippen molar-refractivity contribution in [3.8, 4) is 0 Å². The van der Waals surface area contributed by atoms with Gasteiger partial charge in [0.2, 0.25) is 5.95 Å². The van der Waals surface area contributed by atoms with Crippen molar-refractivity contribution in [2.24, 2.45) is 0 Å². The third-order valence-corrected chi connectivity index (χ3v) is 4.40. The average molecular weight is 325 g/mol. The highest BCUT2D eigenvalue weighted by Crippen LogP contribution is 2.32. The number of halogens is 2. The quantitative estimate of drug-likeness (QED) is 0.721. The number of benzene rings is 1. The maximum Gasteiger partial charge on any atom is 0.223 e. The Kier molecular flexibility index (Phi) is 3.41. The SMILES string of the molecule is Cc1cc2c(Nc3ccc(Cl)c(Cl)c3)nc(N)nc2s1. The van der Waals surface area contributed by atoms with Gasteiger partial charge in [-0.1, -0.05) is 23.2 Å². The topological polar surface area (TPSA) is 63.8 Å². The number of hydrogen-bond donors (Lipinski definition) is 2. The molecule has 2 aromatic heterocycles. The highest BCUT2D eigenvalue weighted by Gasteiger charge is 2.10. The summed E-state index contributed by atoms with van der Waals surface area (Å²) in [6, 6.07) is 7.33. The molecule has 0 spiro atoms. The van der Waals surface area contributed by atoms with Crippen molar-refractivity contribution >= 4 is 62.2 Å². The van der Waals surface area contributed by atoms with Crippen LogP contribution in [0.15, 0.2) is 24.3 Å². The molecule has 3 rings (SSSR count). The Hall–Kier alpha value is -1.56. The van der Waals surface area contributed by atoms with E-state index in [-0.39, 0.29) is 5.95 Å². The maximum absolute atomic E-state index is 6.01. The van der Waals surface area contributed by atoms with E-state index in [0.29, 0.717) is 15.9 Å². The first kappa shape index (κ1) is 13.4. The second kappa shape index (κ2) is 5.09. The van der Waals surface area contributed by atoms with Crippen LogP contribution in [0, 0.1) is 6.92 Å². The standard InChI is InChI=1S/C13H10Cl2N4S/c1-6-4-8-11(18-13(16)19-12(8)20-6)17-7-2-3-9(14)10(15)5-7/h2-5H,1H3,(H3,16,17,18,19). The normalized spacial score (nSPS) is 10.9. The Morgan fingerprint density at radius 3 is 2.70 bits per heavy atom. The fourth-order valence-corrected chi connectivity index (χ4v) is 3.05. The van der Waals surface area contributed by atoms with Crippen molar-refractivity contribution in [2.45, 2.75) is 6.92 Å². The molecular weight excluding hydrogens is 315 g/mol. The monoisotopic (exact) mass is 324 g/mol. The zero-order valence-electron chi connectivity index (χ0n) is 10.4. The molecule has 0 amide bonds. The van der Waals surface area contributed by atoms with Crippen molar-refractivity contribution in [3.63, 3.8) is 0 Å². The number of hydrogen-bond acceptors (Lipinski definition) is 5. The molecule has 102 valence electrons. The predicted molar refractivity (Wildman–Crippen MR) is 86.3 cm³/mol. The van der Waals surface area contributed by atoms with Gasteiger partial charge in [-0.25, -0.2) is 4.98 Å². The van der Waals surface area contributed by atoms with Crippen LogP contribution < -0.4 is 11.1 Å². The molecule has 0 bridgehead atoms. The van der Waals surface area contributed by atoms with E-state index in [1.807, 2.05) is 19.1 Å². The molecule has 4 nitrogen and oxygen atoms in total. The zero-order chi connectivity index (χ0) is 14.3. The minimum absolute atomic E-state index is 0.238. The number of fused-ring (bicyclic) bond motifs is 1. The van der Waals surface area contributed by atoms with E-state index in [9.17, 15) is 0 Å². The Bertz CT molecular complexity index is 800. The molecule has 0 aliphatic rings. The third-order valence-electron chi connectivity index (χ3n) is 2.72. The Morgan fingerprint density at radius 2 is 1.95 bits per heavy atom. The molecule has 2 heterocycles. The van der Waals surface area contributed by atoms with Gasteiger partial charge >= 0.3 is 0 Å². The third kappa shape index (κ3) is 2.52. The molecular formula is C13H10Cl2N4S. The molecule has 0 atom stereocenters. The van der Waals surface area contributed by atoms with Crippen LogP contribution in [0.3, 0.4) is 0 Å². The number of rotatable bonds is 2. The van der Waals surface area contributed by atoms with Gasteiger partial charge in [-0.15, -0.1) is 11.3 Å². The molecule has 0 saturated carbocycles. The number of nitrogen functional groups attached to an aromatic ring is 1. The van der Waals surface area contributed by atoms with E-state index < -0.39 is 0 Å². The van der Waals surface area contributed by atoms with Gasteiger partial charge in [-0.3, -0.25) is 0 Å². The second-order valence-corrected chi connectivity index (χ2v) is 6.31. The Labute approximate surface area is 129 Å². The van der Waals surface area contributed by atoms with Gasteiger partial charge in [0.05, 0.1) is 15.4 Å². The first-order chi connectivity index (χ1) is 9.52. The van der Waals surface area contributed by atoms with Crippen molar-refractivity contribution in [1.29, 1.82) is 0 Å². The van der Waals surface area contributed by atoms with E-state index in [4.69, 9.17) is 28.9 Å². The van der Waals surface area contributed by atoms with Gasteiger partial charge in [0.25, 0.3) is 0 Å². The predicted octanol–water partition coefficient (Wildman–Crippen LogP) is 4.63. The summed E-state index contributed by atoms with van der Waals surface area (Å²) in [4.78, 5) is 10.5. The van der Waals surface area contributed by atoms with Crippen molar-refractivity contribution in [2.75, 3.05) is 11.1 Å². The molecule has 7 heteroatoms. The van der Waals surface area contributed by atoms with E-state index in [1.165, 1.54) is 0 Å². The number of nitrogens with zero attached hydrogens (tertiary/aromatic N) is 2. The lowest BCUT2D eigenvalue weighted by Gasteiger charge is -2.08. The highest BCUT2D eigenvalue weighted by atomic mass is 35.5. The fraction of sp³-hybridized carbons (Fsp3) is 0.0769. The van der Waals surface area contributed by atoms with Crippen LogP contribution in [0.25, 0.3) is 10.2 Å². The molecule has 0 saturated heterocycles. The molecule has 20 heavy (non-hydrogen) atoms. The number of nitrogens with two attached hydrogens (primary N) is 1. The van der Waals surface area contributed by atoms with Gasteiger partial charge < -0.3 is 11.1 Å². The van der Waals surface area contributed by atoms with E-state index in [0.717, 1.165) is 20.8 Å². The summed E-state index contributed by atoms with van der Waals surface area (Å²) in [6.45, 7) is 2.02. The van der Waals surface area contributed by atoms with E-state index in [1.54, 1.807) is 23.5 Å². The zero-order valence-corrected chi connectivity index (χ0v) is 12.8. The molecule has 0 aliphatic carbocycles.